The zero-order chi connectivity index (χ0) is 18.2. The quantitative estimate of drug-likeness (QED) is 0.761. The Morgan fingerprint density at radius 3 is 2.76 bits per heavy atom. The van der Waals surface area contributed by atoms with E-state index in [4.69, 9.17) is 0 Å². The average Bonchev–Trinajstić information content (AvgIpc) is 2.57. The van der Waals surface area contributed by atoms with E-state index >= 15 is 0 Å². The van der Waals surface area contributed by atoms with Gasteiger partial charge in [0.15, 0.2) is 0 Å². The van der Waals surface area contributed by atoms with Crippen LogP contribution >= 0.6 is 11.8 Å². The van der Waals surface area contributed by atoms with Crippen LogP contribution in [0.3, 0.4) is 0 Å². The first-order chi connectivity index (χ1) is 12.0. The monoisotopic (exact) mass is 354 g/mol. The van der Waals surface area contributed by atoms with E-state index in [1.54, 1.807) is 12.3 Å². The molecule has 0 atom stereocenters. The van der Waals surface area contributed by atoms with Crippen molar-refractivity contribution in [3.05, 3.63) is 47.3 Å². The number of nitrogens with one attached hydrogen (secondary N) is 1. The van der Waals surface area contributed by atoms with E-state index in [1.165, 1.54) is 11.8 Å². The maximum atomic E-state index is 12.0. The zero-order valence-corrected chi connectivity index (χ0v) is 15.6. The van der Waals surface area contributed by atoms with Crippen molar-refractivity contribution in [1.82, 2.24) is 9.97 Å². The number of nitriles is 1. The van der Waals surface area contributed by atoms with Crippen LogP contribution in [0.15, 0.2) is 35.5 Å². The molecular formula is C19H22N4OS. The number of anilines is 1. The van der Waals surface area contributed by atoms with Gasteiger partial charge in [-0.25, -0.2) is 9.97 Å². The number of carbonyl (C=O) groups is 1. The van der Waals surface area contributed by atoms with Crippen LogP contribution in [0.5, 0.6) is 0 Å². The predicted octanol–water partition coefficient (Wildman–Crippen LogP) is 3.98. The number of pyridine rings is 2. The number of amides is 1. The Labute approximate surface area is 152 Å². The molecule has 0 aromatic carbocycles. The first kappa shape index (κ1) is 18.9. The Balaban J connectivity index is 1.90. The van der Waals surface area contributed by atoms with Crippen molar-refractivity contribution in [2.24, 2.45) is 5.92 Å². The second-order valence-corrected chi connectivity index (χ2v) is 7.32. The minimum Gasteiger partial charge on any atom is -0.311 e. The molecule has 2 aromatic heterocycles. The standard InChI is InChI=1S/C19H22N4OS/c1-13(2)10-16-6-5-15(11-20)19(22-16)25-9-8-18(24)23-17-7-4-14(3)12-21-17/h4-7,12-13H,8-10H2,1-3H3,(H,21,23,24). The summed E-state index contributed by atoms with van der Waals surface area (Å²) in [5.74, 6) is 1.52. The van der Waals surface area contributed by atoms with Crippen molar-refractivity contribution in [1.29, 1.82) is 5.26 Å². The molecule has 2 rings (SSSR count). The highest BCUT2D eigenvalue weighted by Crippen LogP contribution is 2.22. The molecule has 1 amide bonds. The van der Waals surface area contributed by atoms with Gasteiger partial charge in [0.25, 0.3) is 0 Å². The summed E-state index contributed by atoms with van der Waals surface area (Å²) in [6, 6.07) is 9.56. The van der Waals surface area contributed by atoms with Crippen molar-refractivity contribution in [3.63, 3.8) is 0 Å². The molecule has 0 bridgehead atoms. The summed E-state index contributed by atoms with van der Waals surface area (Å²) in [5, 5.41) is 12.7. The summed E-state index contributed by atoms with van der Waals surface area (Å²) in [4.78, 5) is 20.7. The SMILES string of the molecule is Cc1ccc(NC(=O)CCSc2nc(CC(C)C)ccc2C#N)nc1. The molecule has 2 heterocycles. The summed E-state index contributed by atoms with van der Waals surface area (Å²) < 4.78 is 0. The van der Waals surface area contributed by atoms with Crippen LogP contribution in [0.4, 0.5) is 5.82 Å². The third kappa shape index (κ3) is 6.20. The van der Waals surface area contributed by atoms with Gasteiger partial charge in [0.2, 0.25) is 5.91 Å². The predicted molar refractivity (Wildman–Crippen MR) is 100 cm³/mol. The van der Waals surface area contributed by atoms with E-state index in [-0.39, 0.29) is 5.91 Å². The van der Waals surface area contributed by atoms with Crippen LogP contribution in [0.1, 0.15) is 37.1 Å². The highest BCUT2D eigenvalue weighted by atomic mass is 32.2. The highest BCUT2D eigenvalue weighted by Gasteiger charge is 2.10. The van der Waals surface area contributed by atoms with Crippen LogP contribution in [-0.4, -0.2) is 21.6 Å². The molecule has 5 nitrogen and oxygen atoms in total. The maximum absolute atomic E-state index is 12.0. The van der Waals surface area contributed by atoms with Crippen LogP contribution in [0.2, 0.25) is 0 Å². The molecule has 2 aromatic rings. The lowest BCUT2D eigenvalue weighted by molar-refractivity contribution is -0.115. The fourth-order valence-corrected chi connectivity index (χ4v) is 3.13. The van der Waals surface area contributed by atoms with Crippen LogP contribution < -0.4 is 5.32 Å². The molecule has 25 heavy (non-hydrogen) atoms. The summed E-state index contributed by atoms with van der Waals surface area (Å²) >= 11 is 1.44. The van der Waals surface area contributed by atoms with Gasteiger partial charge in [-0.3, -0.25) is 4.79 Å². The van der Waals surface area contributed by atoms with Crippen molar-refractivity contribution >= 4 is 23.5 Å². The number of rotatable bonds is 7. The van der Waals surface area contributed by atoms with Crippen LogP contribution in [0, 0.1) is 24.2 Å². The highest BCUT2D eigenvalue weighted by molar-refractivity contribution is 7.99. The number of aryl methyl sites for hydroxylation is 1. The number of hydrogen-bond donors (Lipinski definition) is 1. The molecule has 0 radical (unpaired) electrons. The lowest BCUT2D eigenvalue weighted by Gasteiger charge is -2.08. The van der Waals surface area contributed by atoms with Gasteiger partial charge in [0.05, 0.1) is 5.56 Å². The molecule has 0 aliphatic heterocycles. The molecular weight excluding hydrogens is 332 g/mol. The minimum absolute atomic E-state index is 0.0966. The Morgan fingerprint density at radius 2 is 2.12 bits per heavy atom. The van der Waals surface area contributed by atoms with E-state index in [0.717, 1.165) is 17.7 Å². The fourth-order valence-electron chi connectivity index (χ4n) is 2.19. The molecule has 0 fully saturated rings. The van der Waals surface area contributed by atoms with Gasteiger partial charge in [-0.05, 0) is 43.0 Å². The van der Waals surface area contributed by atoms with Gasteiger partial charge in [0, 0.05) is 24.1 Å². The molecule has 6 heteroatoms. The molecule has 0 spiro atoms. The summed E-state index contributed by atoms with van der Waals surface area (Å²) in [7, 11) is 0. The molecule has 130 valence electrons. The molecule has 1 N–H and O–H groups in total. The van der Waals surface area contributed by atoms with E-state index in [0.29, 0.717) is 34.5 Å². The van der Waals surface area contributed by atoms with Crippen molar-refractivity contribution in [3.8, 4) is 6.07 Å². The summed E-state index contributed by atoms with van der Waals surface area (Å²) in [6.07, 6.45) is 2.92. The Kier molecular flexibility index (Phi) is 6.96. The van der Waals surface area contributed by atoms with Crippen molar-refractivity contribution in [2.45, 2.75) is 38.6 Å². The Bertz CT molecular complexity index is 766. The number of hydrogen-bond acceptors (Lipinski definition) is 5. The maximum Gasteiger partial charge on any atom is 0.226 e. The van der Waals surface area contributed by atoms with Crippen molar-refractivity contribution < 1.29 is 4.79 Å². The Morgan fingerprint density at radius 1 is 1.32 bits per heavy atom. The van der Waals surface area contributed by atoms with Crippen LogP contribution in [-0.2, 0) is 11.2 Å². The van der Waals surface area contributed by atoms with E-state index in [2.05, 4.69) is 35.2 Å². The molecule has 0 saturated carbocycles. The van der Waals surface area contributed by atoms with Gasteiger partial charge < -0.3 is 5.32 Å². The van der Waals surface area contributed by atoms with E-state index < -0.39 is 0 Å². The second-order valence-electron chi connectivity index (χ2n) is 6.23. The summed E-state index contributed by atoms with van der Waals surface area (Å²) in [5.41, 5.74) is 2.58. The average molecular weight is 354 g/mol. The topological polar surface area (TPSA) is 78.7 Å². The van der Waals surface area contributed by atoms with Gasteiger partial charge in [-0.2, -0.15) is 5.26 Å². The number of thioether (sulfide) groups is 1. The molecule has 0 saturated heterocycles. The fraction of sp³-hybridized carbons (Fsp3) is 0.368. The third-order valence-electron chi connectivity index (χ3n) is 3.40. The van der Waals surface area contributed by atoms with Gasteiger partial charge >= 0.3 is 0 Å². The van der Waals surface area contributed by atoms with Gasteiger partial charge in [-0.15, -0.1) is 11.8 Å². The first-order valence-electron chi connectivity index (χ1n) is 8.23. The smallest absolute Gasteiger partial charge is 0.226 e. The minimum atomic E-state index is -0.0966. The lowest BCUT2D eigenvalue weighted by Crippen LogP contribution is -2.13. The van der Waals surface area contributed by atoms with Crippen molar-refractivity contribution in [2.75, 3.05) is 11.1 Å². The van der Waals surface area contributed by atoms with Crippen LogP contribution in [0.25, 0.3) is 0 Å². The third-order valence-corrected chi connectivity index (χ3v) is 4.40. The van der Waals surface area contributed by atoms with E-state index in [1.807, 2.05) is 25.1 Å². The first-order valence-corrected chi connectivity index (χ1v) is 9.22. The van der Waals surface area contributed by atoms with Gasteiger partial charge in [-0.1, -0.05) is 19.9 Å². The summed E-state index contributed by atoms with van der Waals surface area (Å²) in [6.45, 7) is 6.22. The van der Waals surface area contributed by atoms with E-state index in [9.17, 15) is 10.1 Å². The molecule has 0 aliphatic rings. The zero-order valence-electron chi connectivity index (χ0n) is 14.7. The largest absolute Gasteiger partial charge is 0.311 e. The molecule has 0 unspecified atom stereocenters. The van der Waals surface area contributed by atoms with Gasteiger partial charge in [0.1, 0.15) is 16.9 Å². The number of nitrogens with zero attached hydrogens (tertiary/aromatic N) is 3. The normalized spacial score (nSPS) is 10.5. The number of aromatic nitrogens is 2. The molecule has 0 aliphatic carbocycles. The number of carbonyl (C=O) groups excluding carboxylic acids is 1. The second kappa shape index (κ2) is 9.19. The lowest BCUT2D eigenvalue weighted by atomic mass is 10.1. The Hall–Kier alpha value is -2.39.